The van der Waals surface area contributed by atoms with Crippen LogP contribution in [-0.4, -0.2) is 41.1 Å². The third-order valence-corrected chi connectivity index (χ3v) is 4.51. The van der Waals surface area contributed by atoms with Crippen molar-refractivity contribution in [3.63, 3.8) is 0 Å². The monoisotopic (exact) mass is 369 g/mol. The Bertz CT molecular complexity index is 570. The fourth-order valence-corrected chi connectivity index (χ4v) is 3.48. The van der Waals surface area contributed by atoms with Crippen LogP contribution in [0.5, 0.6) is 0 Å². The molecule has 0 aliphatic carbocycles. The molecule has 0 spiro atoms. The molecule has 0 radical (unpaired) electrons. The highest BCUT2D eigenvalue weighted by molar-refractivity contribution is 6.30. The number of aliphatic hydroxyl groups is 1. The van der Waals surface area contributed by atoms with Crippen LogP contribution in [0.1, 0.15) is 52.0 Å². The Labute approximate surface area is 154 Å². The van der Waals surface area contributed by atoms with E-state index in [0.29, 0.717) is 11.6 Å². The average molecular weight is 370 g/mol. The molecule has 6 heteroatoms. The van der Waals surface area contributed by atoms with Crippen LogP contribution in [0.3, 0.4) is 0 Å². The number of hydrogen-bond acceptors (Lipinski definition) is 5. The van der Waals surface area contributed by atoms with Crippen molar-refractivity contribution in [1.29, 1.82) is 0 Å². The number of hydrogen-bond donors (Lipinski definition) is 1. The van der Waals surface area contributed by atoms with Gasteiger partial charge in [-0.15, -0.1) is 5.06 Å². The first-order chi connectivity index (χ1) is 11.7. The Balaban J connectivity index is 2.08. The molecule has 3 unspecified atom stereocenters. The highest BCUT2D eigenvalue weighted by atomic mass is 35.5. The van der Waals surface area contributed by atoms with E-state index < -0.39 is 17.9 Å². The summed E-state index contributed by atoms with van der Waals surface area (Å²) in [5.74, 6) is 0.174. The summed E-state index contributed by atoms with van der Waals surface area (Å²) in [5.41, 5.74) is 0.451. The van der Waals surface area contributed by atoms with Crippen molar-refractivity contribution in [2.75, 3.05) is 13.1 Å². The van der Waals surface area contributed by atoms with Crippen molar-refractivity contribution in [2.24, 2.45) is 5.92 Å². The molecule has 1 aliphatic rings. The van der Waals surface area contributed by atoms with Gasteiger partial charge in [0.1, 0.15) is 5.60 Å². The van der Waals surface area contributed by atoms with Gasteiger partial charge in [0.05, 0.1) is 12.6 Å². The zero-order chi connectivity index (χ0) is 18.6. The predicted molar refractivity (Wildman–Crippen MR) is 97.5 cm³/mol. The Morgan fingerprint density at radius 1 is 1.28 bits per heavy atom. The smallest absolute Gasteiger partial charge is 0.427 e. The topological polar surface area (TPSA) is 59.0 Å². The van der Waals surface area contributed by atoms with Gasteiger partial charge in [0.25, 0.3) is 0 Å². The van der Waals surface area contributed by atoms with Crippen LogP contribution in [0.15, 0.2) is 24.3 Å². The molecule has 0 amide bonds. The average Bonchev–Trinajstić information content (AvgIpc) is 2.47. The van der Waals surface area contributed by atoms with E-state index in [0.717, 1.165) is 18.4 Å². The number of carbonyl (C=O) groups is 1. The second-order valence-corrected chi connectivity index (χ2v) is 8.03. The van der Waals surface area contributed by atoms with Gasteiger partial charge in [-0.2, -0.15) is 0 Å². The zero-order valence-corrected chi connectivity index (χ0v) is 16.1. The first-order valence-electron chi connectivity index (χ1n) is 8.79. The Hall–Kier alpha value is -1.30. The van der Waals surface area contributed by atoms with E-state index in [1.54, 1.807) is 20.8 Å². The van der Waals surface area contributed by atoms with Crippen LogP contribution < -0.4 is 0 Å². The first-order valence-corrected chi connectivity index (χ1v) is 9.17. The summed E-state index contributed by atoms with van der Waals surface area (Å²) in [5, 5.41) is 12.9. The summed E-state index contributed by atoms with van der Waals surface area (Å²) in [6.07, 6.45) is 0.550. The molecule has 1 fully saturated rings. The van der Waals surface area contributed by atoms with E-state index in [-0.39, 0.29) is 18.4 Å². The molecule has 3 atom stereocenters. The molecule has 1 heterocycles. The van der Waals surface area contributed by atoms with Crippen molar-refractivity contribution in [3.05, 3.63) is 34.9 Å². The molecule has 1 saturated heterocycles. The summed E-state index contributed by atoms with van der Waals surface area (Å²) in [6, 6.07) is 7.61. The standard InChI is InChI=1S/C19H28ClNO4/c1-5-6-14-11-21(25-18(23)24-19(2,3)4)12-16(22)17(14)13-7-9-15(20)10-8-13/h7-10,14,16-17,22H,5-6,11-12H2,1-4H3. The summed E-state index contributed by atoms with van der Waals surface area (Å²) < 4.78 is 5.20. The molecular formula is C19H28ClNO4. The summed E-state index contributed by atoms with van der Waals surface area (Å²) >= 11 is 5.98. The van der Waals surface area contributed by atoms with Gasteiger partial charge in [0.2, 0.25) is 0 Å². The third-order valence-electron chi connectivity index (χ3n) is 4.26. The summed E-state index contributed by atoms with van der Waals surface area (Å²) in [7, 11) is 0. The number of benzene rings is 1. The lowest BCUT2D eigenvalue weighted by atomic mass is 9.77. The van der Waals surface area contributed by atoms with Crippen molar-refractivity contribution >= 4 is 17.8 Å². The molecule has 5 nitrogen and oxygen atoms in total. The van der Waals surface area contributed by atoms with Crippen molar-refractivity contribution in [2.45, 2.75) is 58.2 Å². The number of β-amino-alcohol motifs (C(OH)–C–C–N with tert-alkyl or cyclic N) is 1. The first kappa shape index (κ1) is 20.0. The largest absolute Gasteiger partial charge is 0.528 e. The molecule has 1 aliphatic heterocycles. The van der Waals surface area contributed by atoms with Gasteiger partial charge in [0, 0.05) is 17.5 Å². The minimum atomic E-state index is -0.736. The molecule has 2 rings (SSSR count). The predicted octanol–water partition coefficient (Wildman–Crippen LogP) is 4.38. The molecule has 1 N–H and O–H groups in total. The van der Waals surface area contributed by atoms with Crippen LogP contribution >= 0.6 is 11.6 Å². The van der Waals surface area contributed by atoms with Gasteiger partial charge in [0.15, 0.2) is 0 Å². The molecular weight excluding hydrogens is 342 g/mol. The lowest BCUT2D eigenvalue weighted by Crippen LogP contribution is -2.49. The van der Waals surface area contributed by atoms with Crippen molar-refractivity contribution in [3.8, 4) is 0 Å². The SMILES string of the molecule is CCCC1CN(OC(=O)OC(C)(C)C)CC(O)C1c1ccc(Cl)cc1. The van der Waals surface area contributed by atoms with Gasteiger partial charge < -0.3 is 14.7 Å². The summed E-state index contributed by atoms with van der Waals surface area (Å²) in [4.78, 5) is 17.2. The number of nitrogens with zero attached hydrogens (tertiary/aromatic N) is 1. The van der Waals surface area contributed by atoms with Gasteiger partial charge >= 0.3 is 6.16 Å². The Morgan fingerprint density at radius 3 is 2.48 bits per heavy atom. The van der Waals surface area contributed by atoms with Crippen LogP contribution in [0, 0.1) is 5.92 Å². The van der Waals surface area contributed by atoms with E-state index in [1.807, 2.05) is 24.3 Å². The van der Waals surface area contributed by atoms with E-state index in [2.05, 4.69) is 6.92 Å². The third kappa shape index (κ3) is 5.87. The maximum absolute atomic E-state index is 11.9. The summed E-state index contributed by atoms with van der Waals surface area (Å²) in [6.45, 7) is 8.30. The number of rotatable bonds is 4. The minimum Gasteiger partial charge on any atom is -0.427 e. The minimum absolute atomic E-state index is 0.00398. The van der Waals surface area contributed by atoms with Gasteiger partial charge in [-0.25, -0.2) is 4.79 Å². The van der Waals surface area contributed by atoms with Crippen LogP contribution in [0.4, 0.5) is 4.79 Å². The van der Waals surface area contributed by atoms with E-state index >= 15 is 0 Å². The van der Waals surface area contributed by atoms with Gasteiger partial charge in [-0.05, 0) is 50.8 Å². The van der Waals surface area contributed by atoms with Gasteiger partial charge in [-0.1, -0.05) is 37.1 Å². The number of halogens is 1. The second kappa shape index (κ2) is 8.39. The fraction of sp³-hybridized carbons (Fsp3) is 0.632. The highest BCUT2D eigenvalue weighted by Gasteiger charge is 2.38. The van der Waals surface area contributed by atoms with Crippen molar-refractivity contribution < 1.29 is 19.5 Å². The fourth-order valence-electron chi connectivity index (χ4n) is 3.36. The van der Waals surface area contributed by atoms with E-state index in [4.69, 9.17) is 21.2 Å². The molecule has 0 aromatic heterocycles. The molecule has 0 bridgehead atoms. The second-order valence-electron chi connectivity index (χ2n) is 7.60. The lowest BCUT2D eigenvalue weighted by Gasteiger charge is -2.40. The number of ether oxygens (including phenoxy) is 1. The molecule has 25 heavy (non-hydrogen) atoms. The number of carbonyl (C=O) groups excluding carboxylic acids is 1. The van der Waals surface area contributed by atoms with E-state index in [1.165, 1.54) is 5.06 Å². The maximum atomic E-state index is 11.9. The number of aliphatic hydroxyl groups excluding tert-OH is 1. The number of piperidine rings is 1. The Morgan fingerprint density at radius 2 is 1.92 bits per heavy atom. The molecule has 1 aromatic carbocycles. The lowest BCUT2D eigenvalue weighted by molar-refractivity contribution is -0.182. The molecule has 140 valence electrons. The zero-order valence-electron chi connectivity index (χ0n) is 15.4. The van der Waals surface area contributed by atoms with Crippen LogP contribution in [0.2, 0.25) is 5.02 Å². The number of hydroxylamine groups is 2. The normalized spacial score (nSPS) is 24.8. The Kier molecular flexibility index (Phi) is 6.72. The van der Waals surface area contributed by atoms with Crippen LogP contribution in [0.25, 0.3) is 0 Å². The molecule has 0 saturated carbocycles. The molecule has 1 aromatic rings. The quantitative estimate of drug-likeness (QED) is 0.798. The highest BCUT2D eigenvalue weighted by Crippen LogP contribution is 2.36. The maximum Gasteiger partial charge on any atom is 0.528 e. The van der Waals surface area contributed by atoms with Gasteiger partial charge in [-0.3, -0.25) is 0 Å². The van der Waals surface area contributed by atoms with E-state index in [9.17, 15) is 9.90 Å². The van der Waals surface area contributed by atoms with Crippen LogP contribution in [-0.2, 0) is 9.57 Å². The van der Waals surface area contributed by atoms with Crippen molar-refractivity contribution in [1.82, 2.24) is 5.06 Å².